The fourth-order valence-corrected chi connectivity index (χ4v) is 1.66. The number of oxime groups is 1. The fraction of sp³-hybridized carbons (Fsp3) is 0.857. The number of rotatable bonds is 10. The molecule has 20 heavy (non-hydrogen) atoms. The van der Waals surface area contributed by atoms with E-state index in [0.29, 0.717) is 19.0 Å². The van der Waals surface area contributed by atoms with Crippen LogP contribution in [0.15, 0.2) is 5.16 Å². The Morgan fingerprint density at radius 2 is 2.00 bits per heavy atom. The summed E-state index contributed by atoms with van der Waals surface area (Å²) >= 11 is 0. The molecular formula is C14H30N4O2. The number of hydrogen-bond acceptors (Lipinski definition) is 4. The van der Waals surface area contributed by atoms with E-state index in [1.54, 1.807) is 0 Å². The van der Waals surface area contributed by atoms with Crippen molar-refractivity contribution in [3.05, 3.63) is 0 Å². The summed E-state index contributed by atoms with van der Waals surface area (Å²) in [6.45, 7) is 9.91. The number of nitrogens with zero attached hydrogens (tertiary/aromatic N) is 1. The van der Waals surface area contributed by atoms with Gasteiger partial charge in [-0.2, -0.15) is 0 Å². The number of unbranched alkanes of at least 4 members (excludes halogenated alkanes) is 1. The minimum atomic E-state index is -0.288. The molecule has 6 nitrogen and oxygen atoms in total. The second-order valence-corrected chi connectivity index (χ2v) is 6.20. The maximum absolute atomic E-state index is 11.4. The van der Waals surface area contributed by atoms with Crippen LogP contribution in [-0.2, 0) is 4.79 Å². The highest BCUT2D eigenvalue weighted by Gasteiger charge is 2.22. The Labute approximate surface area is 122 Å². The van der Waals surface area contributed by atoms with Crippen molar-refractivity contribution in [3.63, 3.8) is 0 Å². The van der Waals surface area contributed by atoms with Crippen molar-refractivity contribution in [2.45, 2.75) is 47.0 Å². The average molecular weight is 286 g/mol. The van der Waals surface area contributed by atoms with Crippen molar-refractivity contribution in [3.8, 4) is 0 Å². The summed E-state index contributed by atoms with van der Waals surface area (Å²) in [4.78, 5) is 11.4. The lowest BCUT2D eigenvalue weighted by Gasteiger charge is -2.22. The lowest BCUT2D eigenvalue weighted by Crippen LogP contribution is -2.36. The standard InChI is InChI=1S/C14H30N4O2/c1-11(2)9-17-12(19)10-16-8-6-5-7-14(3,4)13(15)18-20/h11,16,20H,5-10H2,1-4H3,(H2,15,18)(H,17,19). The van der Waals surface area contributed by atoms with Crippen molar-refractivity contribution < 1.29 is 10.0 Å². The number of amides is 1. The minimum Gasteiger partial charge on any atom is -0.409 e. The van der Waals surface area contributed by atoms with Gasteiger partial charge in [0.2, 0.25) is 5.91 Å². The summed E-state index contributed by atoms with van der Waals surface area (Å²) in [5.41, 5.74) is 5.33. The zero-order chi connectivity index (χ0) is 15.6. The lowest BCUT2D eigenvalue weighted by atomic mass is 9.86. The van der Waals surface area contributed by atoms with E-state index in [-0.39, 0.29) is 17.2 Å². The summed E-state index contributed by atoms with van der Waals surface area (Å²) in [6, 6.07) is 0. The van der Waals surface area contributed by atoms with Crippen LogP contribution in [0.25, 0.3) is 0 Å². The Morgan fingerprint density at radius 3 is 2.55 bits per heavy atom. The molecule has 0 radical (unpaired) electrons. The molecule has 0 aliphatic carbocycles. The Hall–Kier alpha value is -1.30. The quantitative estimate of drug-likeness (QED) is 0.160. The monoisotopic (exact) mass is 286 g/mol. The topological polar surface area (TPSA) is 99.7 Å². The third-order valence-electron chi connectivity index (χ3n) is 3.20. The molecule has 0 aliphatic heterocycles. The van der Waals surface area contributed by atoms with E-state index in [9.17, 15) is 4.79 Å². The van der Waals surface area contributed by atoms with E-state index in [1.807, 2.05) is 13.8 Å². The molecule has 118 valence electrons. The van der Waals surface area contributed by atoms with Crippen molar-refractivity contribution in [2.24, 2.45) is 22.2 Å². The first kappa shape index (κ1) is 18.7. The maximum Gasteiger partial charge on any atom is 0.233 e. The van der Waals surface area contributed by atoms with Crippen LogP contribution in [0.3, 0.4) is 0 Å². The Morgan fingerprint density at radius 1 is 1.35 bits per heavy atom. The molecule has 0 aliphatic rings. The number of hydrogen-bond donors (Lipinski definition) is 4. The van der Waals surface area contributed by atoms with Gasteiger partial charge in [0.15, 0.2) is 0 Å². The second kappa shape index (κ2) is 9.58. The fourth-order valence-electron chi connectivity index (χ4n) is 1.66. The zero-order valence-corrected chi connectivity index (χ0v) is 13.2. The number of carbonyl (C=O) groups is 1. The third-order valence-corrected chi connectivity index (χ3v) is 3.20. The predicted molar refractivity (Wildman–Crippen MR) is 81.8 cm³/mol. The first-order valence-electron chi connectivity index (χ1n) is 7.25. The molecule has 0 unspecified atom stereocenters. The first-order chi connectivity index (χ1) is 9.29. The molecule has 0 saturated heterocycles. The zero-order valence-electron chi connectivity index (χ0n) is 13.2. The molecule has 0 saturated carbocycles. The molecule has 0 bridgehead atoms. The van der Waals surface area contributed by atoms with Crippen molar-refractivity contribution >= 4 is 11.7 Å². The van der Waals surface area contributed by atoms with E-state index in [0.717, 1.165) is 25.8 Å². The SMILES string of the molecule is CC(C)CNC(=O)CNCCCCC(C)(C)C(N)=NO. The van der Waals surface area contributed by atoms with E-state index in [1.165, 1.54) is 0 Å². The number of nitrogens with two attached hydrogens (primary N) is 1. The maximum atomic E-state index is 11.4. The van der Waals surface area contributed by atoms with E-state index >= 15 is 0 Å². The van der Waals surface area contributed by atoms with E-state index in [2.05, 4.69) is 29.6 Å². The van der Waals surface area contributed by atoms with Gasteiger partial charge in [-0.3, -0.25) is 4.79 Å². The van der Waals surface area contributed by atoms with Crippen LogP contribution in [0, 0.1) is 11.3 Å². The Kier molecular flexibility index (Phi) is 8.96. The lowest BCUT2D eigenvalue weighted by molar-refractivity contribution is -0.120. The molecule has 0 aromatic heterocycles. The van der Waals surface area contributed by atoms with Gasteiger partial charge in [0.05, 0.1) is 6.54 Å². The summed E-state index contributed by atoms with van der Waals surface area (Å²) in [6.07, 6.45) is 2.77. The molecule has 0 aromatic carbocycles. The molecule has 0 heterocycles. The Balaban J connectivity index is 3.61. The van der Waals surface area contributed by atoms with E-state index < -0.39 is 0 Å². The van der Waals surface area contributed by atoms with Gasteiger partial charge in [0, 0.05) is 12.0 Å². The van der Waals surface area contributed by atoms with Crippen LogP contribution in [0.2, 0.25) is 0 Å². The van der Waals surface area contributed by atoms with Gasteiger partial charge >= 0.3 is 0 Å². The van der Waals surface area contributed by atoms with Gasteiger partial charge in [-0.1, -0.05) is 39.3 Å². The molecular weight excluding hydrogens is 256 g/mol. The van der Waals surface area contributed by atoms with Gasteiger partial charge in [-0.05, 0) is 25.3 Å². The first-order valence-corrected chi connectivity index (χ1v) is 7.25. The number of nitrogens with one attached hydrogen (secondary N) is 2. The molecule has 0 spiro atoms. The normalized spacial score (nSPS) is 12.8. The van der Waals surface area contributed by atoms with Crippen LogP contribution in [0.5, 0.6) is 0 Å². The van der Waals surface area contributed by atoms with Gasteiger partial charge in [0.25, 0.3) is 0 Å². The third kappa shape index (κ3) is 8.74. The predicted octanol–water partition coefficient (Wildman–Crippen LogP) is 1.29. The van der Waals surface area contributed by atoms with E-state index in [4.69, 9.17) is 10.9 Å². The van der Waals surface area contributed by atoms with Gasteiger partial charge in [0.1, 0.15) is 5.84 Å². The molecule has 6 heteroatoms. The Bertz CT molecular complexity index is 314. The highest BCUT2D eigenvalue weighted by atomic mass is 16.4. The minimum absolute atomic E-state index is 0.0377. The summed E-state index contributed by atoms with van der Waals surface area (Å²) in [5, 5.41) is 17.7. The van der Waals surface area contributed by atoms with Crippen LogP contribution >= 0.6 is 0 Å². The summed E-state index contributed by atoms with van der Waals surface area (Å²) < 4.78 is 0. The smallest absolute Gasteiger partial charge is 0.233 e. The average Bonchev–Trinajstić information content (AvgIpc) is 2.39. The highest BCUT2D eigenvalue weighted by Crippen LogP contribution is 2.22. The van der Waals surface area contributed by atoms with Gasteiger partial charge in [-0.15, -0.1) is 0 Å². The van der Waals surface area contributed by atoms with Crippen LogP contribution in [0.4, 0.5) is 0 Å². The molecule has 0 aromatic rings. The van der Waals surface area contributed by atoms with Crippen molar-refractivity contribution in [2.75, 3.05) is 19.6 Å². The van der Waals surface area contributed by atoms with Crippen molar-refractivity contribution in [1.82, 2.24) is 10.6 Å². The van der Waals surface area contributed by atoms with Gasteiger partial charge in [-0.25, -0.2) is 0 Å². The van der Waals surface area contributed by atoms with Crippen molar-refractivity contribution in [1.29, 1.82) is 0 Å². The highest BCUT2D eigenvalue weighted by molar-refractivity contribution is 5.85. The van der Waals surface area contributed by atoms with Crippen LogP contribution in [-0.4, -0.2) is 36.6 Å². The second-order valence-electron chi connectivity index (χ2n) is 6.20. The number of amidine groups is 1. The molecule has 0 fully saturated rings. The summed E-state index contributed by atoms with van der Waals surface area (Å²) in [5.74, 6) is 0.772. The molecule has 1 amide bonds. The molecule has 5 N–H and O–H groups in total. The number of carbonyl (C=O) groups excluding carboxylic acids is 1. The summed E-state index contributed by atoms with van der Waals surface area (Å²) in [7, 11) is 0. The molecule has 0 atom stereocenters. The van der Waals surface area contributed by atoms with Gasteiger partial charge < -0.3 is 21.6 Å². The largest absolute Gasteiger partial charge is 0.409 e. The van der Waals surface area contributed by atoms with Crippen LogP contribution in [0.1, 0.15) is 47.0 Å². The molecule has 0 rings (SSSR count). The van der Waals surface area contributed by atoms with Crippen LogP contribution < -0.4 is 16.4 Å².